The first-order valence-corrected chi connectivity index (χ1v) is 15.6. The largest absolute Gasteiger partial charge is 0.481 e. The molecule has 1 aliphatic rings. The number of nitrogens with zero attached hydrogens (tertiary/aromatic N) is 3. The van der Waals surface area contributed by atoms with Gasteiger partial charge in [0.25, 0.3) is 5.56 Å². The van der Waals surface area contributed by atoms with Crippen LogP contribution in [-0.2, 0) is 22.2 Å². The first-order valence-electron chi connectivity index (χ1n) is 15.6. The van der Waals surface area contributed by atoms with E-state index in [1.54, 1.807) is 26.8 Å². The number of hydrogen-bond acceptors (Lipinski definition) is 5. The number of amides is 1. The number of carbonyl (C=O) groups is 2. The molecular weight excluding hydrogens is 635 g/mol. The van der Waals surface area contributed by atoms with Gasteiger partial charge in [0, 0.05) is 24.4 Å². The zero-order valence-electron chi connectivity index (χ0n) is 27.0. The van der Waals surface area contributed by atoms with Crippen molar-refractivity contribution in [2.45, 2.75) is 71.6 Å². The molecule has 8 nitrogen and oxygen atoms in total. The summed E-state index contributed by atoms with van der Waals surface area (Å²) in [7, 11) is 0. The lowest BCUT2D eigenvalue weighted by Crippen LogP contribution is -2.41. The van der Waals surface area contributed by atoms with Crippen LogP contribution in [-0.4, -0.2) is 46.1 Å². The number of benzene rings is 2. The third-order valence-corrected chi connectivity index (χ3v) is 8.55. The summed E-state index contributed by atoms with van der Waals surface area (Å²) in [5.74, 6) is -4.12. The molecule has 4 rings (SSSR count). The average Bonchev–Trinajstić information content (AvgIpc) is 2.96. The molecule has 0 saturated carbocycles. The van der Waals surface area contributed by atoms with E-state index in [0.717, 1.165) is 36.3 Å². The highest BCUT2D eigenvalue weighted by atomic mass is 19.4. The monoisotopic (exact) mass is 672 g/mol. The van der Waals surface area contributed by atoms with Gasteiger partial charge in [-0.3, -0.25) is 14.4 Å². The maximum absolute atomic E-state index is 15.7. The van der Waals surface area contributed by atoms with Crippen LogP contribution in [0, 0.1) is 42.7 Å². The van der Waals surface area contributed by atoms with E-state index >= 15 is 4.39 Å². The topological polar surface area (TPSA) is 115 Å². The van der Waals surface area contributed by atoms with Crippen LogP contribution < -0.4 is 10.9 Å². The fourth-order valence-electron chi connectivity index (χ4n) is 5.94. The lowest BCUT2D eigenvalue weighted by molar-refractivity contribution is -0.139. The van der Waals surface area contributed by atoms with Crippen molar-refractivity contribution in [1.29, 1.82) is 5.26 Å². The molecule has 256 valence electrons. The van der Waals surface area contributed by atoms with E-state index in [4.69, 9.17) is 0 Å². The van der Waals surface area contributed by atoms with Crippen LogP contribution >= 0.6 is 0 Å². The molecule has 1 saturated heterocycles. The maximum Gasteiger partial charge on any atom is 0.416 e. The fraction of sp³-hybridized carbons (Fsp3) is 0.429. The van der Waals surface area contributed by atoms with Crippen molar-refractivity contribution in [3.63, 3.8) is 0 Å². The van der Waals surface area contributed by atoms with E-state index in [0.29, 0.717) is 29.3 Å². The van der Waals surface area contributed by atoms with Gasteiger partial charge >= 0.3 is 12.1 Å². The second-order valence-corrected chi connectivity index (χ2v) is 12.7. The SMILES string of the molecule is Cc1cc(C#N)c(F)cc1-c1cc(C)c(F)c(C(CC(=O)O)NC(=O)C(CC(C)C)n2cc(CCN3CCC3)c(C(F)(F)F)cc2=O)c1. The number of aromatic nitrogens is 1. The zero-order valence-corrected chi connectivity index (χ0v) is 27.0. The number of rotatable bonds is 12. The minimum atomic E-state index is -4.80. The molecule has 3 aromatic rings. The van der Waals surface area contributed by atoms with Gasteiger partial charge in [-0.05, 0) is 104 Å². The predicted octanol–water partition coefficient (Wildman–Crippen LogP) is 6.47. The number of aliphatic carboxylic acids is 1. The van der Waals surface area contributed by atoms with Crippen LogP contribution in [0.2, 0.25) is 0 Å². The number of aryl methyl sites for hydroxylation is 2. The molecule has 2 atom stereocenters. The van der Waals surface area contributed by atoms with Crippen molar-refractivity contribution in [2.24, 2.45) is 5.92 Å². The van der Waals surface area contributed by atoms with Crippen LogP contribution in [0.3, 0.4) is 0 Å². The second-order valence-electron chi connectivity index (χ2n) is 12.7. The van der Waals surface area contributed by atoms with E-state index in [-0.39, 0.29) is 41.0 Å². The van der Waals surface area contributed by atoms with Crippen molar-refractivity contribution >= 4 is 11.9 Å². The summed E-state index contributed by atoms with van der Waals surface area (Å²) in [4.78, 5) is 41.1. The number of carboxylic acids is 1. The molecule has 1 fully saturated rings. The smallest absolute Gasteiger partial charge is 0.416 e. The summed E-state index contributed by atoms with van der Waals surface area (Å²) < 4.78 is 73.2. The summed E-state index contributed by atoms with van der Waals surface area (Å²) in [5, 5.41) is 21.5. The number of halogens is 5. The van der Waals surface area contributed by atoms with E-state index in [9.17, 15) is 42.3 Å². The van der Waals surface area contributed by atoms with Crippen LogP contribution in [0.15, 0.2) is 41.3 Å². The van der Waals surface area contributed by atoms with Gasteiger partial charge < -0.3 is 19.9 Å². The lowest BCUT2D eigenvalue weighted by Gasteiger charge is -2.31. The molecule has 2 aromatic carbocycles. The molecule has 0 spiro atoms. The first kappa shape index (κ1) is 36.3. The molecule has 13 heteroatoms. The summed E-state index contributed by atoms with van der Waals surface area (Å²) in [5.41, 5.74) is -1.53. The minimum Gasteiger partial charge on any atom is -0.481 e. The quantitative estimate of drug-likeness (QED) is 0.213. The van der Waals surface area contributed by atoms with Crippen molar-refractivity contribution < 1.29 is 36.6 Å². The second kappa shape index (κ2) is 14.7. The number of hydrogen-bond donors (Lipinski definition) is 2. The maximum atomic E-state index is 15.7. The zero-order chi connectivity index (χ0) is 35.5. The van der Waals surface area contributed by atoms with E-state index in [2.05, 4.69) is 5.32 Å². The Bertz CT molecular complexity index is 1810. The van der Waals surface area contributed by atoms with Gasteiger partial charge in [0.1, 0.15) is 23.7 Å². The van der Waals surface area contributed by atoms with Crippen molar-refractivity contribution in [3.8, 4) is 17.2 Å². The summed E-state index contributed by atoms with van der Waals surface area (Å²) in [6, 6.07) is 4.58. The number of carbonyl (C=O) groups excluding carboxylic acids is 1. The minimum absolute atomic E-state index is 0.00766. The standard InChI is InChI=1S/C35H37F5N4O4/c1-19(2)10-30(44-18-22(6-9-43-7-5-8-43)27(15-31(44)45)35(38,39)40)34(48)42-29(16-32(46)47)26-13-23(12-21(4)33(26)37)25-14-28(36)24(17-41)11-20(25)3/h11-15,18-19,29-30H,5-10,16H2,1-4H3,(H,42,48)(H,46,47). The average molecular weight is 673 g/mol. The molecule has 1 aliphatic heterocycles. The number of nitrogens with one attached hydrogen (secondary N) is 1. The molecule has 2 N–H and O–H groups in total. The van der Waals surface area contributed by atoms with Gasteiger partial charge in [-0.25, -0.2) is 8.78 Å². The molecule has 2 heterocycles. The molecule has 0 aliphatic carbocycles. The van der Waals surface area contributed by atoms with Gasteiger partial charge in [0.2, 0.25) is 5.91 Å². The lowest BCUT2D eigenvalue weighted by atomic mass is 9.91. The number of alkyl halides is 3. The Kier molecular flexibility index (Phi) is 11.1. The highest BCUT2D eigenvalue weighted by Crippen LogP contribution is 2.34. The van der Waals surface area contributed by atoms with E-state index in [1.807, 2.05) is 4.90 Å². The highest BCUT2D eigenvalue weighted by Gasteiger charge is 2.36. The summed E-state index contributed by atoms with van der Waals surface area (Å²) in [6.45, 7) is 8.38. The number of pyridine rings is 1. The Morgan fingerprint density at radius 3 is 2.31 bits per heavy atom. The molecule has 0 radical (unpaired) electrons. The van der Waals surface area contributed by atoms with Gasteiger partial charge in [0.05, 0.1) is 23.6 Å². The van der Waals surface area contributed by atoms with Gasteiger partial charge in [-0.1, -0.05) is 13.8 Å². The fourth-order valence-corrected chi connectivity index (χ4v) is 5.94. The van der Waals surface area contributed by atoms with Crippen LogP contribution in [0.4, 0.5) is 22.0 Å². The number of carboxylic acid groups (broad SMARTS) is 1. The Hall–Kier alpha value is -4.57. The van der Waals surface area contributed by atoms with Crippen molar-refractivity contribution in [1.82, 2.24) is 14.8 Å². The third kappa shape index (κ3) is 8.28. The number of nitriles is 1. The Morgan fingerprint density at radius 2 is 1.75 bits per heavy atom. The molecular formula is C35H37F5N4O4. The molecule has 48 heavy (non-hydrogen) atoms. The molecule has 2 unspecified atom stereocenters. The Balaban J connectivity index is 1.77. The van der Waals surface area contributed by atoms with Crippen LogP contribution in [0.5, 0.6) is 0 Å². The van der Waals surface area contributed by atoms with Gasteiger partial charge in [-0.2, -0.15) is 18.4 Å². The third-order valence-electron chi connectivity index (χ3n) is 8.55. The molecule has 0 bridgehead atoms. The normalized spacial score (nSPS) is 14.7. The molecule has 1 aromatic heterocycles. The Labute approximate surface area is 274 Å². The highest BCUT2D eigenvalue weighted by molar-refractivity contribution is 5.82. The summed E-state index contributed by atoms with van der Waals surface area (Å²) >= 11 is 0. The predicted molar refractivity (Wildman–Crippen MR) is 168 cm³/mol. The Morgan fingerprint density at radius 1 is 1.06 bits per heavy atom. The summed E-state index contributed by atoms with van der Waals surface area (Å²) in [6.07, 6.45) is -3.59. The van der Waals surface area contributed by atoms with E-state index in [1.165, 1.54) is 25.1 Å². The van der Waals surface area contributed by atoms with Gasteiger partial charge in [0.15, 0.2) is 0 Å². The van der Waals surface area contributed by atoms with Crippen LogP contribution in [0.1, 0.15) is 78.6 Å². The van der Waals surface area contributed by atoms with Gasteiger partial charge in [-0.15, -0.1) is 0 Å². The van der Waals surface area contributed by atoms with Crippen molar-refractivity contribution in [2.75, 3.05) is 19.6 Å². The first-order chi connectivity index (χ1) is 22.5. The van der Waals surface area contributed by atoms with Crippen molar-refractivity contribution in [3.05, 3.63) is 91.9 Å². The number of likely N-dealkylation sites (tertiary alicyclic amines) is 1. The van der Waals surface area contributed by atoms with E-state index < -0.39 is 59.3 Å². The molecule has 1 amide bonds. The van der Waals surface area contributed by atoms with Crippen LogP contribution in [0.25, 0.3) is 11.1 Å².